The van der Waals surface area contributed by atoms with Crippen molar-refractivity contribution in [2.24, 2.45) is 0 Å². The monoisotopic (exact) mass is 265 g/mol. The molecule has 1 aromatic heterocycles. The molecule has 2 aromatic rings. The van der Waals surface area contributed by atoms with E-state index in [4.69, 9.17) is 4.74 Å². The highest BCUT2D eigenvalue weighted by molar-refractivity contribution is 7.91. The Bertz CT molecular complexity index is 637. The first kappa shape index (κ1) is 12.8. The highest BCUT2D eigenvalue weighted by Crippen LogP contribution is 2.17. The van der Waals surface area contributed by atoms with Gasteiger partial charge in [-0.1, -0.05) is 25.1 Å². The summed E-state index contributed by atoms with van der Waals surface area (Å²) in [5.41, 5.74) is 0.894. The molecule has 0 N–H and O–H groups in total. The molecule has 0 aliphatic heterocycles. The zero-order chi connectivity index (χ0) is 13.0. The molecule has 0 atom stereocenters. The van der Waals surface area contributed by atoms with Gasteiger partial charge in [0.25, 0.3) is 0 Å². The minimum absolute atomic E-state index is 0.0380. The first-order valence-corrected chi connectivity index (χ1v) is 7.61. The average Bonchev–Trinajstić information content (AvgIpc) is 2.38. The fraction of sp³-hybridized carbons (Fsp3) is 0.308. The van der Waals surface area contributed by atoms with Crippen LogP contribution in [0.4, 0.5) is 0 Å². The van der Waals surface area contributed by atoms with Gasteiger partial charge in [-0.25, -0.2) is 8.42 Å². The maximum absolute atomic E-state index is 11.3. The summed E-state index contributed by atoms with van der Waals surface area (Å²) in [7, 11) is -2.98. The van der Waals surface area contributed by atoms with Gasteiger partial charge in [0.05, 0.1) is 17.5 Å². The van der Waals surface area contributed by atoms with Crippen molar-refractivity contribution < 1.29 is 13.2 Å². The van der Waals surface area contributed by atoms with E-state index in [1.54, 1.807) is 13.1 Å². The third-order valence-electron chi connectivity index (χ3n) is 2.67. The number of benzene rings is 1. The van der Waals surface area contributed by atoms with Crippen LogP contribution in [0.2, 0.25) is 0 Å². The van der Waals surface area contributed by atoms with Gasteiger partial charge in [0.2, 0.25) is 0 Å². The number of aromatic nitrogens is 1. The highest BCUT2D eigenvalue weighted by Gasteiger charge is 2.07. The standard InChI is InChI=1S/C13H15NO3S/c1-2-18(15,16)8-7-17-12-9-11-5-3-4-6-13(11)14-10-12/h3-6,9-10H,2,7-8H2,1H3. The topological polar surface area (TPSA) is 56.3 Å². The van der Waals surface area contributed by atoms with Gasteiger partial charge in [0, 0.05) is 11.1 Å². The predicted octanol–water partition coefficient (Wildman–Crippen LogP) is 2.05. The number of sulfone groups is 1. The Morgan fingerprint density at radius 2 is 2.06 bits per heavy atom. The summed E-state index contributed by atoms with van der Waals surface area (Å²) in [5.74, 6) is 0.780. The quantitative estimate of drug-likeness (QED) is 0.830. The van der Waals surface area contributed by atoms with Gasteiger partial charge in [0.15, 0.2) is 9.84 Å². The molecule has 4 nitrogen and oxygen atoms in total. The summed E-state index contributed by atoms with van der Waals surface area (Å²) in [4.78, 5) is 4.24. The number of rotatable bonds is 5. The molecule has 1 aromatic carbocycles. The number of hydrogen-bond donors (Lipinski definition) is 0. The Balaban J connectivity index is 2.04. The minimum atomic E-state index is -2.98. The molecule has 5 heteroatoms. The van der Waals surface area contributed by atoms with E-state index in [2.05, 4.69) is 4.98 Å². The van der Waals surface area contributed by atoms with Crippen molar-refractivity contribution in [2.45, 2.75) is 6.92 Å². The second-order valence-corrected chi connectivity index (χ2v) is 6.42. The van der Waals surface area contributed by atoms with E-state index in [9.17, 15) is 8.42 Å². The number of hydrogen-bond acceptors (Lipinski definition) is 4. The molecule has 0 aliphatic rings. The molecular weight excluding hydrogens is 250 g/mol. The summed E-state index contributed by atoms with van der Waals surface area (Å²) >= 11 is 0. The lowest BCUT2D eigenvalue weighted by Crippen LogP contribution is -2.15. The molecule has 1 heterocycles. The van der Waals surface area contributed by atoms with E-state index in [1.807, 2.05) is 30.3 Å². The molecule has 96 valence electrons. The fourth-order valence-electron chi connectivity index (χ4n) is 1.56. The molecule has 0 aliphatic carbocycles. The minimum Gasteiger partial charge on any atom is -0.491 e. The third kappa shape index (κ3) is 3.20. The number of para-hydroxylation sites is 1. The fourth-order valence-corrected chi connectivity index (χ4v) is 2.19. The van der Waals surface area contributed by atoms with Crippen LogP contribution in [0.5, 0.6) is 5.75 Å². The molecule has 0 radical (unpaired) electrons. The second-order valence-electron chi connectivity index (χ2n) is 3.95. The van der Waals surface area contributed by atoms with Crippen molar-refractivity contribution in [3.63, 3.8) is 0 Å². The van der Waals surface area contributed by atoms with Crippen LogP contribution in [0.1, 0.15) is 6.92 Å². The third-order valence-corrected chi connectivity index (χ3v) is 4.34. The lowest BCUT2D eigenvalue weighted by Gasteiger charge is -2.06. The van der Waals surface area contributed by atoms with Crippen LogP contribution in [0, 0.1) is 0 Å². The predicted molar refractivity (Wildman–Crippen MR) is 71.6 cm³/mol. The number of fused-ring (bicyclic) bond motifs is 1. The Morgan fingerprint density at radius 1 is 1.28 bits per heavy atom. The van der Waals surface area contributed by atoms with Crippen molar-refractivity contribution in [1.29, 1.82) is 0 Å². The maximum atomic E-state index is 11.3. The van der Waals surface area contributed by atoms with Crippen LogP contribution >= 0.6 is 0 Å². The van der Waals surface area contributed by atoms with Crippen LogP contribution in [0.15, 0.2) is 36.5 Å². The van der Waals surface area contributed by atoms with Gasteiger partial charge in [-0.2, -0.15) is 0 Å². The number of ether oxygens (including phenoxy) is 1. The van der Waals surface area contributed by atoms with Crippen LogP contribution in [0.3, 0.4) is 0 Å². The molecular formula is C13H15NO3S. The molecule has 0 fully saturated rings. The highest BCUT2D eigenvalue weighted by atomic mass is 32.2. The first-order valence-electron chi connectivity index (χ1n) is 5.79. The van der Waals surface area contributed by atoms with Gasteiger partial charge in [-0.15, -0.1) is 0 Å². The van der Waals surface area contributed by atoms with Crippen LogP contribution in [-0.2, 0) is 9.84 Å². The molecule has 0 spiro atoms. The lowest BCUT2D eigenvalue weighted by molar-refractivity contribution is 0.340. The molecule has 0 saturated carbocycles. The SMILES string of the molecule is CCS(=O)(=O)CCOc1cnc2ccccc2c1. The zero-order valence-electron chi connectivity index (χ0n) is 10.2. The van der Waals surface area contributed by atoms with Crippen LogP contribution < -0.4 is 4.74 Å². The van der Waals surface area contributed by atoms with Crippen LogP contribution in [-0.4, -0.2) is 31.5 Å². The van der Waals surface area contributed by atoms with Crippen molar-refractivity contribution >= 4 is 20.7 Å². The summed E-state index contributed by atoms with van der Waals surface area (Å²) in [6.07, 6.45) is 1.61. The van der Waals surface area contributed by atoms with Gasteiger partial charge in [-0.3, -0.25) is 4.98 Å². The van der Waals surface area contributed by atoms with Crippen molar-refractivity contribution in [3.8, 4) is 5.75 Å². The number of nitrogens with zero attached hydrogens (tertiary/aromatic N) is 1. The smallest absolute Gasteiger partial charge is 0.153 e. The van der Waals surface area contributed by atoms with Crippen molar-refractivity contribution in [1.82, 2.24) is 4.98 Å². The molecule has 0 saturated heterocycles. The summed E-state index contributed by atoms with van der Waals surface area (Å²) in [6, 6.07) is 9.57. The van der Waals surface area contributed by atoms with E-state index >= 15 is 0 Å². The first-order chi connectivity index (χ1) is 8.61. The van der Waals surface area contributed by atoms with E-state index in [-0.39, 0.29) is 18.1 Å². The van der Waals surface area contributed by atoms with Gasteiger partial charge < -0.3 is 4.74 Å². The van der Waals surface area contributed by atoms with E-state index in [0.717, 1.165) is 10.9 Å². The van der Waals surface area contributed by atoms with Crippen LogP contribution in [0.25, 0.3) is 10.9 Å². The maximum Gasteiger partial charge on any atom is 0.153 e. The molecule has 18 heavy (non-hydrogen) atoms. The largest absolute Gasteiger partial charge is 0.491 e. The molecule has 0 unspecified atom stereocenters. The Labute approximate surface area is 107 Å². The van der Waals surface area contributed by atoms with Gasteiger partial charge in [-0.05, 0) is 12.1 Å². The Hall–Kier alpha value is -1.62. The average molecular weight is 265 g/mol. The summed E-state index contributed by atoms with van der Waals surface area (Å²) in [5, 5.41) is 0.980. The summed E-state index contributed by atoms with van der Waals surface area (Å²) < 4.78 is 28.0. The zero-order valence-corrected chi connectivity index (χ0v) is 11.0. The van der Waals surface area contributed by atoms with E-state index < -0.39 is 9.84 Å². The molecule has 0 amide bonds. The Morgan fingerprint density at radius 3 is 2.83 bits per heavy atom. The lowest BCUT2D eigenvalue weighted by atomic mass is 10.2. The molecule has 2 rings (SSSR count). The van der Waals surface area contributed by atoms with Crippen molar-refractivity contribution in [3.05, 3.63) is 36.5 Å². The molecule has 0 bridgehead atoms. The van der Waals surface area contributed by atoms with Gasteiger partial charge in [0.1, 0.15) is 12.4 Å². The second kappa shape index (κ2) is 5.35. The Kier molecular flexibility index (Phi) is 3.81. The van der Waals surface area contributed by atoms with Crippen molar-refractivity contribution in [2.75, 3.05) is 18.1 Å². The normalized spacial score (nSPS) is 11.6. The van der Waals surface area contributed by atoms with E-state index in [0.29, 0.717) is 5.75 Å². The number of pyridine rings is 1. The van der Waals surface area contributed by atoms with Gasteiger partial charge >= 0.3 is 0 Å². The van der Waals surface area contributed by atoms with E-state index in [1.165, 1.54) is 0 Å². The summed E-state index contributed by atoms with van der Waals surface area (Å²) in [6.45, 7) is 1.79.